The number of primary amides is 1. The molecule has 0 bridgehead atoms. The summed E-state index contributed by atoms with van der Waals surface area (Å²) in [5.41, 5.74) is 29.7. The van der Waals surface area contributed by atoms with Gasteiger partial charge in [0, 0.05) is 75.2 Å². The standard InChI is InChI=1S/C73H97ClN18O14/c1-41(2)34-55(65(99)87-54(16-10-32-82-73(78)79)71(105)92-33-11-17-60(92)70(104)83-42(3)62(75)96)88-64(98)53(28-29-61(95)48-22-26-51(106-5)27-23-48)86-63(97)52(15-9-31-81-72(76)77)85-69(103)59(40-93)91-68(102)58(38-46-12-8-30-80-39-46)90-67(101)57(36-44-19-24-50(74)25-20-44)89-66(100)56(84-43(4)94)37-45-18-21-47-13-6-7-14-49(47)35-45/h6-8,12-14,18-27,30,35,39,41-42,52-60,93H,9-11,15-17,28-29,31-34,36-38,40H2,1-5H3,(H2,75,96)(H,83,104)(H,84,94)(H,85,103)(H,86,97)(H,87,99)(H,88,98)(H,89,100)(H,90,101)(H,91,102)(H4,76,77,81)(H4,78,79,82)/t42-,52-,53-,54-,55-,56+,57-,58-,59-,60+/m0/s1. The van der Waals surface area contributed by atoms with Gasteiger partial charge in [-0.15, -0.1) is 0 Å². The molecule has 1 aromatic heterocycles. The average molecular weight is 1490 g/mol. The molecule has 2 heterocycles. The molecule has 0 saturated carbocycles. The van der Waals surface area contributed by atoms with Crippen LogP contribution in [0.4, 0.5) is 0 Å². The van der Waals surface area contributed by atoms with Gasteiger partial charge in [0.1, 0.15) is 66.2 Å². The van der Waals surface area contributed by atoms with Crippen LogP contribution in [0.1, 0.15) is 113 Å². The number of hydrogen-bond acceptors (Lipinski definition) is 17. The van der Waals surface area contributed by atoms with Crippen LogP contribution in [-0.4, -0.2) is 191 Å². The first kappa shape index (κ1) is 83.7. The second-order valence-corrected chi connectivity index (χ2v) is 26.6. The number of amides is 11. The summed E-state index contributed by atoms with van der Waals surface area (Å²) in [5, 5.41) is 37.0. The number of methoxy groups -OCH3 is 1. The van der Waals surface area contributed by atoms with Crippen molar-refractivity contribution in [1.29, 1.82) is 0 Å². The van der Waals surface area contributed by atoms with Gasteiger partial charge < -0.3 is 91.3 Å². The molecule has 1 aliphatic heterocycles. The fraction of sp³-hybridized carbons (Fsp3) is 0.438. The highest BCUT2D eigenvalue weighted by Gasteiger charge is 2.40. The minimum atomic E-state index is -1.86. The van der Waals surface area contributed by atoms with Crippen molar-refractivity contribution in [3.8, 4) is 5.75 Å². The van der Waals surface area contributed by atoms with Gasteiger partial charge in [-0.25, -0.2) is 0 Å². The van der Waals surface area contributed by atoms with E-state index in [0.717, 1.165) is 10.8 Å². The highest BCUT2D eigenvalue weighted by Crippen LogP contribution is 2.23. The molecular formula is C73H97ClN18O14. The van der Waals surface area contributed by atoms with Crippen LogP contribution in [0.25, 0.3) is 10.8 Å². The molecule has 1 saturated heterocycles. The molecular weight excluding hydrogens is 1390 g/mol. The minimum Gasteiger partial charge on any atom is -0.497 e. The number of guanidine groups is 2. The Morgan fingerprint density at radius 3 is 1.62 bits per heavy atom. The lowest BCUT2D eigenvalue weighted by Crippen LogP contribution is -2.61. The van der Waals surface area contributed by atoms with E-state index in [0.29, 0.717) is 33.9 Å². The summed E-state index contributed by atoms with van der Waals surface area (Å²) in [5.74, 6) is -10.1. The van der Waals surface area contributed by atoms with Crippen molar-refractivity contribution in [2.45, 2.75) is 165 Å². The number of carbonyl (C=O) groups is 12. The first-order valence-electron chi connectivity index (χ1n) is 34.8. The normalized spacial score (nSPS) is 15.0. The van der Waals surface area contributed by atoms with E-state index in [9.17, 15) is 62.6 Å². The van der Waals surface area contributed by atoms with Gasteiger partial charge in [-0.2, -0.15) is 0 Å². The Morgan fingerprint density at radius 2 is 1.07 bits per heavy atom. The van der Waals surface area contributed by atoms with Gasteiger partial charge in [-0.1, -0.05) is 86.1 Å². The molecule has 0 radical (unpaired) electrons. The summed E-state index contributed by atoms with van der Waals surface area (Å²) in [6.07, 6.45) is 2.16. The quantitative estimate of drug-likeness (QED) is 0.0103. The molecule has 11 amide bonds. The highest BCUT2D eigenvalue weighted by atomic mass is 35.5. The zero-order chi connectivity index (χ0) is 77.6. The van der Waals surface area contributed by atoms with Crippen LogP contribution in [-0.2, 0) is 72.0 Å². The molecule has 1 fully saturated rings. The number of Topliss-reactive ketones (excluding diaryl/α,β-unsaturated/α-hetero) is 1. The van der Waals surface area contributed by atoms with Gasteiger partial charge in [-0.3, -0.25) is 72.5 Å². The number of fused-ring (bicyclic) bond motifs is 1. The lowest BCUT2D eigenvalue weighted by molar-refractivity contribution is -0.142. The number of nitrogens with one attached hydrogen (secondary N) is 9. The number of ketones is 1. The van der Waals surface area contributed by atoms with Crippen molar-refractivity contribution in [2.24, 2.45) is 44.6 Å². The number of aliphatic hydroxyl groups excluding tert-OH is 1. The van der Waals surface area contributed by atoms with Gasteiger partial charge in [0.25, 0.3) is 0 Å². The molecule has 4 aromatic carbocycles. The van der Waals surface area contributed by atoms with Gasteiger partial charge >= 0.3 is 0 Å². The smallest absolute Gasteiger partial charge is 0.245 e. The third-order valence-electron chi connectivity index (χ3n) is 17.4. The molecule has 106 heavy (non-hydrogen) atoms. The van der Waals surface area contributed by atoms with E-state index in [4.69, 9.17) is 45.0 Å². The maximum Gasteiger partial charge on any atom is 0.245 e. The van der Waals surface area contributed by atoms with Gasteiger partial charge in [0.15, 0.2) is 17.7 Å². The zero-order valence-corrected chi connectivity index (χ0v) is 60.7. The lowest BCUT2D eigenvalue weighted by atomic mass is 9.99. The Morgan fingerprint density at radius 1 is 0.566 bits per heavy atom. The zero-order valence-electron chi connectivity index (χ0n) is 59.9. The third-order valence-corrected chi connectivity index (χ3v) is 17.6. The maximum atomic E-state index is 14.9. The number of rotatable bonds is 41. The summed E-state index contributed by atoms with van der Waals surface area (Å²) in [4.78, 5) is 183. The molecule has 6 rings (SSSR count). The van der Waals surface area contributed by atoms with E-state index in [1.165, 1.54) is 50.4 Å². The Labute approximate surface area is 619 Å². The SMILES string of the molecule is COc1ccc(C(=O)CC[C@H](NC(=O)[C@H](CCCN=C(N)N)NC(=O)[C@H](CO)NC(=O)[C@H](Cc2cccnc2)NC(=O)[C@H](Cc2ccc(Cl)cc2)NC(=O)[C@@H](Cc2ccc3ccccc3c2)NC(C)=O)C(=O)N[C@@H](CC(C)C)C(=O)N[C@@H](CCCN=C(N)N)C(=O)N2CCC[C@@H]2C(=O)N[C@@H](C)C(N)=O)cc1. The van der Waals surface area contributed by atoms with E-state index < -0.39 is 144 Å². The number of nitrogens with zero attached hydrogens (tertiary/aromatic N) is 4. The Balaban J connectivity index is 1.28. The molecule has 0 aliphatic carbocycles. The van der Waals surface area contributed by atoms with Crippen LogP contribution in [0.3, 0.4) is 0 Å². The molecule has 0 unspecified atom stereocenters. The summed E-state index contributed by atoms with van der Waals surface area (Å²) >= 11 is 6.24. The van der Waals surface area contributed by atoms with Gasteiger partial charge in [0.05, 0.1) is 13.7 Å². The number of carbonyl (C=O) groups excluding carboxylic acids is 12. The molecule has 0 spiro atoms. The molecule has 33 heteroatoms. The second kappa shape index (κ2) is 41.9. The Bertz CT molecular complexity index is 3930. The lowest BCUT2D eigenvalue weighted by Gasteiger charge is -2.31. The predicted molar refractivity (Wildman–Crippen MR) is 396 cm³/mol. The van der Waals surface area contributed by atoms with E-state index in [-0.39, 0.29) is 107 Å². The van der Waals surface area contributed by atoms with Crippen molar-refractivity contribution in [3.63, 3.8) is 0 Å². The van der Waals surface area contributed by atoms with Crippen molar-refractivity contribution >= 4 is 105 Å². The number of nitrogens with two attached hydrogens (primary N) is 5. The summed E-state index contributed by atoms with van der Waals surface area (Å²) in [6.45, 7) is 5.14. The Kier molecular flexibility index (Phi) is 33.0. The maximum absolute atomic E-state index is 14.9. The van der Waals surface area contributed by atoms with Crippen molar-refractivity contribution in [3.05, 3.63) is 143 Å². The van der Waals surface area contributed by atoms with Crippen LogP contribution in [0.5, 0.6) is 5.75 Å². The van der Waals surface area contributed by atoms with Crippen molar-refractivity contribution in [1.82, 2.24) is 57.7 Å². The number of aliphatic imine (C=N–C) groups is 2. The number of ether oxygens (including phenoxy) is 1. The van der Waals surface area contributed by atoms with E-state index in [1.807, 2.05) is 42.5 Å². The molecule has 10 atom stereocenters. The first-order valence-corrected chi connectivity index (χ1v) is 35.2. The average Bonchev–Trinajstić information content (AvgIpc) is 1.47. The first-order chi connectivity index (χ1) is 50.5. The number of pyridine rings is 1. The second-order valence-electron chi connectivity index (χ2n) is 26.2. The number of hydrogen-bond donors (Lipinski definition) is 15. The largest absolute Gasteiger partial charge is 0.497 e. The summed E-state index contributed by atoms with van der Waals surface area (Å²) in [7, 11) is 1.44. The number of aromatic nitrogens is 1. The number of benzene rings is 4. The van der Waals surface area contributed by atoms with Crippen LogP contribution in [0.2, 0.25) is 5.02 Å². The summed E-state index contributed by atoms with van der Waals surface area (Å²) in [6, 6.07) is 14.7. The van der Waals surface area contributed by atoms with E-state index >= 15 is 0 Å². The fourth-order valence-corrected chi connectivity index (χ4v) is 11.9. The van der Waals surface area contributed by atoms with Crippen LogP contribution < -0.4 is 81.3 Å². The van der Waals surface area contributed by atoms with Crippen LogP contribution >= 0.6 is 11.6 Å². The number of aliphatic hydroxyl groups is 1. The van der Waals surface area contributed by atoms with Crippen LogP contribution in [0, 0.1) is 5.92 Å². The van der Waals surface area contributed by atoms with Gasteiger partial charge in [0.2, 0.25) is 65.0 Å². The number of halogens is 1. The van der Waals surface area contributed by atoms with E-state index in [2.05, 4.69) is 62.8 Å². The topological polar surface area (TPSA) is 514 Å². The summed E-state index contributed by atoms with van der Waals surface area (Å²) < 4.78 is 5.26. The third kappa shape index (κ3) is 27.1. The van der Waals surface area contributed by atoms with Crippen molar-refractivity contribution in [2.75, 3.05) is 33.4 Å². The monoisotopic (exact) mass is 1480 g/mol. The highest BCUT2D eigenvalue weighted by molar-refractivity contribution is 6.30. The minimum absolute atomic E-state index is 0.000991. The predicted octanol–water partition coefficient (Wildman–Crippen LogP) is -0.387. The Hall–Kier alpha value is -11.3. The fourth-order valence-electron chi connectivity index (χ4n) is 11.8. The number of likely N-dealkylation sites (tertiary alicyclic amines) is 1. The van der Waals surface area contributed by atoms with E-state index in [1.54, 1.807) is 62.4 Å². The van der Waals surface area contributed by atoms with Crippen LogP contribution in [0.15, 0.2) is 126 Å². The molecule has 570 valence electrons. The molecule has 32 nitrogen and oxygen atoms in total. The molecule has 1 aliphatic rings. The van der Waals surface area contributed by atoms with Crippen molar-refractivity contribution < 1.29 is 67.4 Å². The molecule has 20 N–H and O–H groups in total. The van der Waals surface area contributed by atoms with Gasteiger partial charge in [-0.05, 0) is 134 Å². The molecule has 5 aromatic rings.